The van der Waals surface area contributed by atoms with Crippen molar-refractivity contribution in [2.24, 2.45) is 17.3 Å². The van der Waals surface area contributed by atoms with Gasteiger partial charge in [-0.1, -0.05) is 20.8 Å². The maximum atomic E-state index is 5.54. The van der Waals surface area contributed by atoms with E-state index < -0.39 is 0 Å². The van der Waals surface area contributed by atoms with E-state index >= 15 is 0 Å². The zero-order valence-electron chi connectivity index (χ0n) is 11.8. The molecule has 1 heterocycles. The van der Waals surface area contributed by atoms with Crippen molar-refractivity contribution in [2.75, 3.05) is 19.8 Å². The van der Waals surface area contributed by atoms with Gasteiger partial charge in [0.25, 0.3) is 0 Å². The standard InChI is InChI=1S/C15H29NO/c1-12-7-14(9-15(2,3)8-12)16-10-13-5-4-6-17-11-13/h12-14,16H,4-11H2,1-3H3. The highest BCUT2D eigenvalue weighted by Crippen LogP contribution is 2.38. The minimum absolute atomic E-state index is 0.526. The predicted molar refractivity (Wildman–Crippen MR) is 72.1 cm³/mol. The molecule has 0 bridgehead atoms. The summed E-state index contributed by atoms with van der Waals surface area (Å²) in [4.78, 5) is 0. The van der Waals surface area contributed by atoms with Crippen molar-refractivity contribution >= 4 is 0 Å². The zero-order chi connectivity index (χ0) is 12.3. The first-order valence-corrected chi connectivity index (χ1v) is 7.36. The molecule has 0 aromatic rings. The smallest absolute Gasteiger partial charge is 0.0506 e. The van der Waals surface area contributed by atoms with Crippen LogP contribution in [0.5, 0.6) is 0 Å². The van der Waals surface area contributed by atoms with Gasteiger partial charge in [0.15, 0.2) is 0 Å². The predicted octanol–water partition coefficient (Wildman–Crippen LogP) is 3.22. The Hall–Kier alpha value is -0.0800. The summed E-state index contributed by atoms with van der Waals surface area (Å²) in [6.07, 6.45) is 6.68. The van der Waals surface area contributed by atoms with Gasteiger partial charge >= 0.3 is 0 Å². The quantitative estimate of drug-likeness (QED) is 0.816. The van der Waals surface area contributed by atoms with E-state index in [4.69, 9.17) is 4.74 Å². The van der Waals surface area contributed by atoms with Crippen LogP contribution in [0, 0.1) is 17.3 Å². The molecule has 2 fully saturated rings. The number of nitrogens with one attached hydrogen (secondary N) is 1. The molecule has 1 aliphatic carbocycles. The number of ether oxygens (including phenoxy) is 1. The molecule has 3 atom stereocenters. The van der Waals surface area contributed by atoms with E-state index in [1.54, 1.807) is 0 Å². The van der Waals surface area contributed by atoms with E-state index in [1.165, 1.54) is 32.1 Å². The minimum atomic E-state index is 0.526. The van der Waals surface area contributed by atoms with Crippen molar-refractivity contribution in [1.82, 2.24) is 5.32 Å². The van der Waals surface area contributed by atoms with E-state index in [1.807, 2.05) is 0 Å². The Kier molecular flexibility index (Phi) is 4.48. The zero-order valence-corrected chi connectivity index (χ0v) is 11.8. The average molecular weight is 239 g/mol. The molecule has 2 heteroatoms. The normalized spacial score (nSPS) is 37.9. The van der Waals surface area contributed by atoms with Gasteiger partial charge in [0.05, 0.1) is 6.61 Å². The molecule has 100 valence electrons. The van der Waals surface area contributed by atoms with Crippen LogP contribution in [0.3, 0.4) is 0 Å². The highest BCUT2D eigenvalue weighted by molar-refractivity contribution is 4.87. The van der Waals surface area contributed by atoms with Gasteiger partial charge < -0.3 is 10.1 Å². The largest absolute Gasteiger partial charge is 0.381 e. The Bertz CT molecular complexity index is 233. The summed E-state index contributed by atoms with van der Waals surface area (Å²) in [5.41, 5.74) is 0.526. The number of rotatable bonds is 3. The summed E-state index contributed by atoms with van der Waals surface area (Å²) in [5, 5.41) is 3.80. The summed E-state index contributed by atoms with van der Waals surface area (Å²) in [6.45, 7) is 10.3. The van der Waals surface area contributed by atoms with E-state index in [0.29, 0.717) is 5.41 Å². The second-order valence-corrected chi connectivity index (χ2v) is 7.10. The summed E-state index contributed by atoms with van der Waals surface area (Å²) in [5.74, 6) is 1.63. The molecule has 1 saturated carbocycles. The van der Waals surface area contributed by atoms with Gasteiger partial charge in [-0.3, -0.25) is 0 Å². The van der Waals surface area contributed by atoms with Crippen LogP contribution < -0.4 is 5.32 Å². The molecule has 0 amide bonds. The Morgan fingerprint density at radius 3 is 2.76 bits per heavy atom. The first-order chi connectivity index (χ1) is 8.05. The lowest BCUT2D eigenvalue weighted by molar-refractivity contribution is 0.0508. The molecule has 0 spiro atoms. The Labute approximate surface area is 107 Å². The fourth-order valence-electron chi connectivity index (χ4n) is 3.80. The lowest BCUT2D eigenvalue weighted by Crippen LogP contribution is -2.43. The molecule has 1 saturated heterocycles. The van der Waals surface area contributed by atoms with Crippen molar-refractivity contribution in [3.8, 4) is 0 Å². The van der Waals surface area contributed by atoms with E-state index in [9.17, 15) is 0 Å². The molecule has 2 nitrogen and oxygen atoms in total. The van der Waals surface area contributed by atoms with Crippen LogP contribution in [0.4, 0.5) is 0 Å². The van der Waals surface area contributed by atoms with Gasteiger partial charge in [0, 0.05) is 19.2 Å². The van der Waals surface area contributed by atoms with Gasteiger partial charge in [0.2, 0.25) is 0 Å². The molecule has 1 aliphatic heterocycles. The van der Waals surface area contributed by atoms with Crippen LogP contribution in [0.15, 0.2) is 0 Å². The van der Waals surface area contributed by atoms with Crippen molar-refractivity contribution in [3.63, 3.8) is 0 Å². The summed E-state index contributed by atoms with van der Waals surface area (Å²) < 4.78 is 5.54. The van der Waals surface area contributed by atoms with Crippen LogP contribution in [0.1, 0.15) is 52.9 Å². The molecular formula is C15H29NO. The molecule has 3 unspecified atom stereocenters. The van der Waals surface area contributed by atoms with Gasteiger partial charge in [-0.25, -0.2) is 0 Å². The third-order valence-electron chi connectivity index (χ3n) is 4.34. The molecule has 0 aromatic heterocycles. The van der Waals surface area contributed by atoms with Crippen LogP contribution >= 0.6 is 0 Å². The molecule has 17 heavy (non-hydrogen) atoms. The van der Waals surface area contributed by atoms with Gasteiger partial charge in [-0.15, -0.1) is 0 Å². The maximum Gasteiger partial charge on any atom is 0.0506 e. The first kappa shape index (κ1) is 13.4. The molecule has 2 aliphatic rings. The molecule has 0 aromatic carbocycles. The van der Waals surface area contributed by atoms with Crippen molar-refractivity contribution in [1.29, 1.82) is 0 Å². The lowest BCUT2D eigenvalue weighted by atomic mass is 9.70. The van der Waals surface area contributed by atoms with Crippen molar-refractivity contribution in [3.05, 3.63) is 0 Å². The highest BCUT2D eigenvalue weighted by Gasteiger charge is 2.32. The average Bonchev–Trinajstić information content (AvgIpc) is 2.25. The van der Waals surface area contributed by atoms with Crippen molar-refractivity contribution < 1.29 is 4.74 Å². The van der Waals surface area contributed by atoms with Crippen LogP contribution in [0.2, 0.25) is 0 Å². The first-order valence-electron chi connectivity index (χ1n) is 7.36. The Balaban J connectivity index is 1.74. The van der Waals surface area contributed by atoms with Crippen LogP contribution in [-0.4, -0.2) is 25.8 Å². The topological polar surface area (TPSA) is 21.3 Å². The van der Waals surface area contributed by atoms with Crippen LogP contribution in [-0.2, 0) is 4.74 Å². The number of hydrogen-bond donors (Lipinski definition) is 1. The van der Waals surface area contributed by atoms with Gasteiger partial charge in [-0.2, -0.15) is 0 Å². The molecule has 1 N–H and O–H groups in total. The van der Waals surface area contributed by atoms with Crippen LogP contribution in [0.25, 0.3) is 0 Å². The highest BCUT2D eigenvalue weighted by atomic mass is 16.5. The SMILES string of the molecule is CC1CC(NCC2CCCOC2)CC(C)(C)C1. The summed E-state index contributed by atoms with van der Waals surface area (Å²) in [6, 6.07) is 0.732. The molecular weight excluding hydrogens is 210 g/mol. The fourth-order valence-corrected chi connectivity index (χ4v) is 3.80. The minimum Gasteiger partial charge on any atom is -0.381 e. The van der Waals surface area contributed by atoms with Crippen molar-refractivity contribution in [2.45, 2.75) is 58.9 Å². The summed E-state index contributed by atoms with van der Waals surface area (Å²) in [7, 11) is 0. The summed E-state index contributed by atoms with van der Waals surface area (Å²) >= 11 is 0. The Morgan fingerprint density at radius 1 is 1.29 bits per heavy atom. The maximum absolute atomic E-state index is 5.54. The van der Waals surface area contributed by atoms with E-state index in [-0.39, 0.29) is 0 Å². The van der Waals surface area contributed by atoms with E-state index in [2.05, 4.69) is 26.1 Å². The molecule has 2 rings (SSSR count). The molecule has 0 radical (unpaired) electrons. The number of hydrogen-bond acceptors (Lipinski definition) is 2. The Morgan fingerprint density at radius 2 is 2.12 bits per heavy atom. The monoisotopic (exact) mass is 239 g/mol. The third-order valence-corrected chi connectivity index (χ3v) is 4.34. The fraction of sp³-hybridized carbons (Fsp3) is 1.00. The third kappa shape index (κ3) is 4.26. The van der Waals surface area contributed by atoms with Gasteiger partial charge in [-0.05, 0) is 49.4 Å². The second-order valence-electron chi connectivity index (χ2n) is 7.10. The second kappa shape index (κ2) is 5.71. The lowest BCUT2D eigenvalue weighted by Gasteiger charge is -2.40. The van der Waals surface area contributed by atoms with E-state index in [0.717, 1.165) is 37.6 Å². The van der Waals surface area contributed by atoms with Gasteiger partial charge in [0.1, 0.15) is 0 Å².